The number of unbranched alkanes of at least 4 members (excludes halogenated alkanes) is 1. The van der Waals surface area contributed by atoms with E-state index < -0.39 is 71.5 Å². The fourth-order valence-corrected chi connectivity index (χ4v) is 8.34. The highest BCUT2D eigenvalue weighted by Gasteiger charge is 2.57. The van der Waals surface area contributed by atoms with E-state index in [0.29, 0.717) is 32.4 Å². The monoisotopic (exact) mass is 783 g/mol. The fraction of sp³-hybridized carbons (Fsp3) is 0.707. The Kier molecular flexibility index (Phi) is 14.1. The zero-order valence-corrected chi connectivity index (χ0v) is 34.4. The number of likely N-dealkylation sites (N-methyl/N-ethyl adjacent to an activating group) is 1. The largest absolute Gasteiger partial charge is 0.458 e. The predicted octanol–water partition coefficient (Wildman–Crippen LogP) is 4.44. The zero-order valence-electron chi connectivity index (χ0n) is 34.4. The number of aliphatic hydroxyl groups is 1. The number of aliphatic hydroxyl groups excluding tert-OH is 1. The van der Waals surface area contributed by atoms with E-state index in [2.05, 4.69) is 9.97 Å². The van der Waals surface area contributed by atoms with Crippen molar-refractivity contribution in [3.8, 4) is 11.3 Å². The van der Waals surface area contributed by atoms with Gasteiger partial charge in [-0.25, -0.2) is 9.78 Å². The topological polar surface area (TPSA) is 172 Å². The molecule has 5 rings (SSSR count). The van der Waals surface area contributed by atoms with Gasteiger partial charge < -0.3 is 43.2 Å². The summed E-state index contributed by atoms with van der Waals surface area (Å²) in [4.78, 5) is 67.8. The molecule has 3 aliphatic heterocycles. The highest BCUT2D eigenvalue weighted by Crippen LogP contribution is 2.40. The number of carbonyl (C=O) groups is 4. The SMILES string of the molecule is CC[C@H]1OC(=O)[C@H](C)C(=O)C[C@@H](O[C@@H]2O[C@H](C)C[C@H](N(C)C)[C@H]2O)[C@](C)(OC)C[C@@H](C)C(=O)C[C@H]2N(CCCCn3cnc(-c4cccnc4)c3)C(=O)O[C@]12C. The maximum atomic E-state index is 14.3. The number of pyridine rings is 1. The average molecular weight is 784 g/mol. The zero-order chi connectivity index (χ0) is 40.9. The van der Waals surface area contributed by atoms with E-state index in [-0.39, 0.29) is 43.6 Å². The number of methoxy groups -OCH3 is 1. The van der Waals surface area contributed by atoms with Crippen LogP contribution in [0.4, 0.5) is 4.79 Å². The Labute approximate surface area is 330 Å². The number of ketones is 2. The molecule has 0 radical (unpaired) electrons. The lowest BCUT2D eigenvalue weighted by molar-refractivity contribution is -0.289. The molecule has 3 saturated heterocycles. The average Bonchev–Trinajstić information content (AvgIpc) is 3.74. The van der Waals surface area contributed by atoms with Crippen molar-refractivity contribution in [1.82, 2.24) is 24.3 Å². The van der Waals surface area contributed by atoms with E-state index in [4.69, 9.17) is 23.7 Å². The first-order valence-electron chi connectivity index (χ1n) is 19.9. The first kappa shape index (κ1) is 43.4. The van der Waals surface area contributed by atoms with Crippen molar-refractivity contribution in [2.75, 3.05) is 27.7 Å². The van der Waals surface area contributed by atoms with Crippen LogP contribution in [0.15, 0.2) is 37.1 Å². The summed E-state index contributed by atoms with van der Waals surface area (Å²) in [5.74, 6) is -3.19. The van der Waals surface area contributed by atoms with Crippen LogP contribution < -0.4 is 0 Å². The number of ether oxygens (including phenoxy) is 5. The quantitative estimate of drug-likeness (QED) is 0.193. The third-order valence-corrected chi connectivity index (χ3v) is 12.1. The molecule has 0 aliphatic carbocycles. The number of aromatic nitrogens is 3. The number of carbonyl (C=O) groups excluding carboxylic acids is 4. The summed E-state index contributed by atoms with van der Waals surface area (Å²) in [5.41, 5.74) is -0.856. The van der Waals surface area contributed by atoms with Gasteiger partial charge in [-0.05, 0) is 86.0 Å². The minimum absolute atomic E-state index is 0.0558. The molecule has 0 spiro atoms. The predicted molar refractivity (Wildman–Crippen MR) is 205 cm³/mol. The molecule has 0 bridgehead atoms. The summed E-state index contributed by atoms with van der Waals surface area (Å²) >= 11 is 0. The number of rotatable bonds is 11. The Morgan fingerprint density at radius 3 is 2.45 bits per heavy atom. The number of fused-ring (bicyclic) bond motifs is 1. The Hall–Kier alpha value is -3.76. The third-order valence-electron chi connectivity index (χ3n) is 12.1. The Morgan fingerprint density at radius 2 is 1.79 bits per heavy atom. The summed E-state index contributed by atoms with van der Waals surface area (Å²) in [6.07, 6.45) is 4.30. The highest BCUT2D eigenvalue weighted by molar-refractivity contribution is 5.99. The van der Waals surface area contributed by atoms with Crippen LogP contribution in [0.25, 0.3) is 11.3 Å². The molecule has 1 N–H and O–H groups in total. The molecule has 2 aromatic rings. The van der Waals surface area contributed by atoms with E-state index in [0.717, 1.165) is 11.3 Å². The van der Waals surface area contributed by atoms with Crippen molar-refractivity contribution >= 4 is 23.6 Å². The molecule has 310 valence electrons. The molecule has 5 heterocycles. The van der Waals surface area contributed by atoms with Gasteiger partial charge in [0, 0.05) is 69.2 Å². The molecule has 3 aliphatic rings. The van der Waals surface area contributed by atoms with Gasteiger partial charge in [0.05, 0.1) is 35.9 Å². The molecule has 0 unspecified atom stereocenters. The van der Waals surface area contributed by atoms with Crippen molar-refractivity contribution in [3.05, 3.63) is 37.1 Å². The lowest BCUT2D eigenvalue weighted by atomic mass is 9.79. The van der Waals surface area contributed by atoms with E-state index >= 15 is 0 Å². The molecule has 11 atom stereocenters. The first-order chi connectivity index (χ1) is 26.5. The van der Waals surface area contributed by atoms with E-state index in [9.17, 15) is 24.3 Å². The van der Waals surface area contributed by atoms with Gasteiger partial charge in [-0.15, -0.1) is 0 Å². The van der Waals surface area contributed by atoms with E-state index in [1.807, 2.05) is 55.7 Å². The van der Waals surface area contributed by atoms with Gasteiger partial charge in [0.1, 0.15) is 29.7 Å². The minimum Gasteiger partial charge on any atom is -0.458 e. The van der Waals surface area contributed by atoms with Crippen LogP contribution in [-0.4, -0.2) is 135 Å². The molecular formula is C41H61N5O10. The molecule has 1 amide bonds. The van der Waals surface area contributed by atoms with Crippen LogP contribution in [0.5, 0.6) is 0 Å². The Balaban J connectivity index is 1.38. The maximum Gasteiger partial charge on any atom is 0.410 e. The van der Waals surface area contributed by atoms with Gasteiger partial charge in [0.25, 0.3) is 0 Å². The van der Waals surface area contributed by atoms with Gasteiger partial charge in [-0.3, -0.25) is 19.4 Å². The lowest BCUT2D eigenvalue weighted by Gasteiger charge is -2.45. The second-order valence-electron chi connectivity index (χ2n) is 16.4. The first-order valence-corrected chi connectivity index (χ1v) is 19.9. The van der Waals surface area contributed by atoms with Gasteiger partial charge in [-0.1, -0.05) is 13.8 Å². The van der Waals surface area contributed by atoms with Crippen molar-refractivity contribution in [2.24, 2.45) is 11.8 Å². The van der Waals surface area contributed by atoms with E-state index in [1.54, 1.807) is 44.4 Å². The Bertz CT molecular complexity index is 1670. The minimum atomic E-state index is -1.36. The number of Topliss-reactive ketones (excluding diaryl/α,β-unsaturated/α-hetero) is 2. The van der Waals surface area contributed by atoms with Crippen LogP contribution in [0.1, 0.15) is 86.5 Å². The molecule has 15 heteroatoms. The van der Waals surface area contributed by atoms with Crippen LogP contribution >= 0.6 is 0 Å². The summed E-state index contributed by atoms with van der Waals surface area (Å²) in [5, 5.41) is 11.3. The smallest absolute Gasteiger partial charge is 0.410 e. The number of amides is 1. The van der Waals surface area contributed by atoms with Gasteiger partial charge in [-0.2, -0.15) is 0 Å². The fourth-order valence-electron chi connectivity index (χ4n) is 8.34. The van der Waals surface area contributed by atoms with Crippen LogP contribution in [0.3, 0.4) is 0 Å². The van der Waals surface area contributed by atoms with Gasteiger partial charge >= 0.3 is 12.1 Å². The van der Waals surface area contributed by atoms with Gasteiger partial charge in [0.15, 0.2) is 11.9 Å². The molecule has 15 nitrogen and oxygen atoms in total. The number of imidazole rings is 1. The van der Waals surface area contributed by atoms with Crippen molar-refractivity contribution < 1.29 is 48.0 Å². The number of nitrogens with zero attached hydrogens (tertiary/aromatic N) is 5. The van der Waals surface area contributed by atoms with Crippen LogP contribution in [0.2, 0.25) is 0 Å². The summed E-state index contributed by atoms with van der Waals surface area (Å²) < 4.78 is 32.7. The standard InChI is InChI=1S/C41H61N5O10/c1-10-34-41(6)33(46(39(51)56-41)17-12-11-16-45-23-29(43-24-45)28-14-13-15-42-22-28)19-31(47)25(2)21-40(5,52-9)35(20-32(48)27(4)37(50)54-34)55-38-36(49)30(44(7)8)18-26(3)53-38/h13-15,22-27,30,33-36,38,49H,10-12,16-21H2,1-9H3/t25-,26-,27-,30+,33-,34-,35-,36-,38+,40-,41+/m1/s1. The van der Waals surface area contributed by atoms with Crippen LogP contribution in [0, 0.1) is 11.8 Å². The highest BCUT2D eigenvalue weighted by atomic mass is 16.7. The second-order valence-corrected chi connectivity index (χ2v) is 16.4. The molecule has 56 heavy (non-hydrogen) atoms. The van der Waals surface area contributed by atoms with Crippen LogP contribution in [-0.2, 0) is 44.6 Å². The Morgan fingerprint density at radius 1 is 1.05 bits per heavy atom. The van der Waals surface area contributed by atoms with Crippen molar-refractivity contribution in [1.29, 1.82) is 0 Å². The molecule has 0 aromatic carbocycles. The maximum absolute atomic E-state index is 14.3. The number of hydrogen-bond acceptors (Lipinski definition) is 13. The summed E-state index contributed by atoms with van der Waals surface area (Å²) in [6.45, 7) is 11.4. The summed E-state index contributed by atoms with van der Waals surface area (Å²) in [6, 6.07) is 2.79. The molecular weight excluding hydrogens is 722 g/mol. The van der Waals surface area contributed by atoms with Crippen molar-refractivity contribution in [3.63, 3.8) is 0 Å². The number of aryl methyl sites for hydroxylation is 1. The number of hydrogen-bond donors (Lipinski definition) is 1. The number of esters is 1. The number of cyclic esters (lactones) is 1. The normalized spacial score (nSPS) is 34.9. The molecule has 3 fully saturated rings. The van der Waals surface area contributed by atoms with E-state index in [1.165, 1.54) is 14.0 Å². The summed E-state index contributed by atoms with van der Waals surface area (Å²) in [7, 11) is 5.22. The molecule has 0 saturated carbocycles. The second kappa shape index (κ2) is 18.2. The lowest BCUT2D eigenvalue weighted by Crippen LogP contribution is -2.58. The third kappa shape index (κ3) is 9.50. The molecule has 2 aromatic heterocycles. The van der Waals surface area contributed by atoms with Crippen molar-refractivity contribution in [2.45, 2.75) is 147 Å². The van der Waals surface area contributed by atoms with Gasteiger partial charge in [0.2, 0.25) is 0 Å².